The Hall–Kier alpha value is -3.11. The summed E-state index contributed by atoms with van der Waals surface area (Å²) in [7, 11) is 1.98. The van der Waals surface area contributed by atoms with Crippen molar-refractivity contribution in [1.29, 1.82) is 0 Å². The second-order valence-corrected chi connectivity index (χ2v) is 9.79. The van der Waals surface area contributed by atoms with E-state index in [2.05, 4.69) is 19.8 Å². The first-order chi connectivity index (χ1) is 15.3. The Morgan fingerprint density at radius 3 is 2.44 bits per heavy atom. The highest BCUT2D eigenvalue weighted by Crippen LogP contribution is 2.31. The van der Waals surface area contributed by atoms with Crippen molar-refractivity contribution >= 4 is 39.2 Å². The number of fused-ring (bicyclic) bond motifs is 1. The normalized spacial score (nSPS) is 14.0. The Bertz CT molecular complexity index is 1200. The van der Waals surface area contributed by atoms with Crippen molar-refractivity contribution in [2.45, 2.75) is 23.8 Å². The first-order valence-corrected chi connectivity index (χ1v) is 11.8. The van der Waals surface area contributed by atoms with Crippen molar-refractivity contribution in [3.05, 3.63) is 42.5 Å². The van der Waals surface area contributed by atoms with E-state index in [1.54, 1.807) is 47.4 Å². The molecule has 0 unspecified atom stereocenters. The average molecular weight is 458 g/mol. The third-order valence-electron chi connectivity index (χ3n) is 5.39. The molecule has 1 heterocycles. The molecular weight excluding hydrogens is 430 g/mol. The van der Waals surface area contributed by atoms with Gasteiger partial charge in [0.05, 0.1) is 11.0 Å². The van der Waals surface area contributed by atoms with Gasteiger partial charge in [-0.05, 0) is 63.3 Å². The Kier molecular flexibility index (Phi) is 6.07. The number of benzene rings is 2. The molecule has 0 atom stereocenters. The largest absolute Gasteiger partial charge is 0.379 e. The fraction of sp³-hybridized carbons (Fsp3) is 0.364. The van der Waals surface area contributed by atoms with Crippen LogP contribution in [-0.2, 0) is 14.9 Å². The molecule has 170 valence electrons. The number of hydrogen-bond acceptors (Lipinski definition) is 7. The summed E-state index contributed by atoms with van der Waals surface area (Å²) in [6.45, 7) is 1.72. The van der Waals surface area contributed by atoms with Gasteiger partial charge >= 0.3 is 10.1 Å². The summed E-state index contributed by atoms with van der Waals surface area (Å²) in [5, 5.41) is 0. The number of hydrogen-bond donors (Lipinski definition) is 1. The van der Waals surface area contributed by atoms with E-state index in [1.165, 1.54) is 0 Å². The molecule has 1 aliphatic rings. The minimum Gasteiger partial charge on any atom is -0.379 e. The van der Waals surface area contributed by atoms with Crippen molar-refractivity contribution < 1.29 is 17.4 Å². The highest BCUT2D eigenvalue weighted by Gasteiger charge is 2.31. The van der Waals surface area contributed by atoms with Gasteiger partial charge in [0.1, 0.15) is 10.6 Å². The fourth-order valence-corrected chi connectivity index (χ4v) is 4.25. The predicted octanol–water partition coefficient (Wildman–Crippen LogP) is 2.45. The molecule has 1 fully saturated rings. The molecule has 2 aromatic carbocycles. The van der Waals surface area contributed by atoms with E-state index in [4.69, 9.17) is 4.18 Å². The first kappa shape index (κ1) is 22.1. The first-order valence-electron chi connectivity index (χ1n) is 10.4. The number of rotatable bonds is 10. The monoisotopic (exact) mass is 457 g/mol. The number of likely N-dealkylation sites (N-methyl/N-ethyl adjacent to an activating group) is 2. The van der Waals surface area contributed by atoms with E-state index >= 15 is 0 Å². The molecular formula is C22H27N5O4S. The second-order valence-electron chi connectivity index (χ2n) is 8.24. The van der Waals surface area contributed by atoms with Crippen LogP contribution in [0.4, 0.5) is 11.6 Å². The van der Waals surface area contributed by atoms with Gasteiger partial charge in [-0.15, -0.1) is 0 Å². The Morgan fingerprint density at radius 2 is 1.81 bits per heavy atom. The minimum atomic E-state index is -4.00. The third kappa shape index (κ3) is 4.86. The zero-order chi connectivity index (χ0) is 22.9. The third-order valence-corrected chi connectivity index (χ3v) is 6.66. The molecule has 10 heteroatoms. The summed E-state index contributed by atoms with van der Waals surface area (Å²) in [6.07, 6.45) is 2.66. The Balaban J connectivity index is 1.49. The van der Waals surface area contributed by atoms with Crippen LogP contribution in [-0.4, -0.2) is 70.0 Å². The number of carbonyl (C=O) groups is 1. The van der Waals surface area contributed by atoms with Gasteiger partial charge in [0.2, 0.25) is 12.4 Å². The van der Waals surface area contributed by atoms with E-state index in [9.17, 15) is 13.2 Å². The van der Waals surface area contributed by atoms with E-state index in [0.29, 0.717) is 17.0 Å². The van der Waals surface area contributed by atoms with Crippen molar-refractivity contribution in [2.75, 3.05) is 44.0 Å². The molecule has 0 bridgehead atoms. The second kappa shape index (κ2) is 8.79. The maximum Gasteiger partial charge on any atom is 0.339 e. The average Bonchev–Trinajstić information content (AvgIpc) is 3.51. The molecule has 3 aromatic rings. The van der Waals surface area contributed by atoms with Gasteiger partial charge in [0.15, 0.2) is 0 Å². The molecule has 32 heavy (non-hydrogen) atoms. The van der Waals surface area contributed by atoms with Crippen LogP contribution in [0.1, 0.15) is 12.8 Å². The molecule has 0 saturated heterocycles. The lowest BCUT2D eigenvalue weighted by molar-refractivity contribution is -0.107. The van der Waals surface area contributed by atoms with Crippen LogP contribution in [0.25, 0.3) is 11.0 Å². The van der Waals surface area contributed by atoms with Crippen LogP contribution in [0.3, 0.4) is 0 Å². The van der Waals surface area contributed by atoms with Crippen molar-refractivity contribution in [2.24, 2.45) is 0 Å². The van der Waals surface area contributed by atoms with Gasteiger partial charge in [-0.2, -0.15) is 8.42 Å². The summed E-state index contributed by atoms with van der Waals surface area (Å²) >= 11 is 0. The summed E-state index contributed by atoms with van der Waals surface area (Å²) < 4.78 is 30.9. The van der Waals surface area contributed by atoms with E-state index < -0.39 is 10.1 Å². The number of nitrogens with zero attached hydrogens (tertiary/aromatic N) is 4. The van der Waals surface area contributed by atoms with Crippen molar-refractivity contribution in [3.63, 3.8) is 0 Å². The number of nitrogens with one attached hydrogen (secondary N) is 1. The number of aromatic nitrogens is 2. The number of aromatic amines is 1. The Labute approximate surface area is 187 Å². The van der Waals surface area contributed by atoms with Gasteiger partial charge in [-0.3, -0.25) is 9.69 Å². The maximum atomic E-state index is 12.8. The minimum absolute atomic E-state index is 0.0773. The number of imidazole rings is 1. The van der Waals surface area contributed by atoms with Crippen molar-refractivity contribution in [1.82, 2.24) is 14.9 Å². The molecule has 0 spiro atoms. The lowest BCUT2D eigenvalue weighted by atomic mass is 10.3. The predicted molar refractivity (Wildman–Crippen MR) is 124 cm³/mol. The van der Waals surface area contributed by atoms with Crippen LogP contribution in [0.15, 0.2) is 47.4 Å². The number of amides is 1. The van der Waals surface area contributed by atoms with Gasteiger partial charge in [0, 0.05) is 37.9 Å². The molecule has 1 aromatic heterocycles. The zero-order valence-corrected chi connectivity index (χ0v) is 19.2. The van der Waals surface area contributed by atoms with Crippen LogP contribution in [0.5, 0.6) is 5.75 Å². The zero-order valence-electron chi connectivity index (χ0n) is 18.4. The van der Waals surface area contributed by atoms with Gasteiger partial charge < -0.3 is 19.0 Å². The highest BCUT2D eigenvalue weighted by atomic mass is 32.2. The smallest absolute Gasteiger partial charge is 0.339 e. The van der Waals surface area contributed by atoms with E-state index in [-0.39, 0.29) is 16.7 Å². The molecule has 1 saturated carbocycles. The molecule has 1 aliphatic carbocycles. The molecule has 0 radical (unpaired) electrons. The van der Waals surface area contributed by atoms with Gasteiger partial charge in [-0.1, -0.05) is 0 Å². The lowest BCUT2D eigenvalue weighted by Crippen LogP contribution is -2.28. The molecule has 1 N–H and O–H groups in total. The van der Waals surface area contributed by atoms with Crippen molar-refractivity contribution in [3.8, 4) is 5.75 Å². The topological polar surface area (TPSA) is 98.8 Å². The Morgan fingerprint density at radius 1 is 1.09 bits per heavy atom. The summed E-state index contributed by atoms with van der Waals surface area (Å²) in [6, 6.07) is 11.6. The SMILES string of the molecule is CN(C)CCN(C)c1ccc(S(=O)(=O)Oc2ccc3nc(N(C=O)C4CC4)[nH]c3c2)cc1. The summed E-state index contributed by atoms with van der Waals surface area (Å²) in [5.74, 6) is 0.621. The quantitative estimate of drug-likeness (QED) is 0.369. The maximum absolute atomic E-state index is 12.8. The number of H-pyrrole nitrogens is 1. The summed E-state index contributed by atoms with van der Waals surface area (Å²) in [4.78, 5) is 24.6. The van der Waals surface area contributed by atoms with E-state index in [1.807, 2.05) is 21.1 Å². The molecule has 4 rings (SSSR count). The molecule has 0 aliphatic heterocycles. The molecule has 9 nitrogen and oxygen atoms in total. The van der Waals surface area contributed by atoms with Gasteiger partial charge in [-0.25, -0.2) is 4.98 Å². The number of carbonyl (C=O) groups excluding carboxylic acids is 1. The summed E-state index contributed by atoms with van der Waals surface area (Å²) in [5.41, 5.74) is 2.15. The fourth-order valence-electron chi connectivity index (χ4n) is 3.33. The van der Waals surface area contributed by atoms with E-state index in [0.717, 1.165) is 38.0 Å². The van der Waals surface area contributed by atoms with Crippen LogP contribution in [0, 0.1) is 0 Å². The highest BCUT2D eigenvalue weighted by molar-refractivity contribution is 7.87. The number of anilines is 2. The van der Waals surface area contributed by atoms with Crippen LogP contribution in [0.2, 0.25) is 0 Å². The van der Waals surface area contributed by atoms with Crippen LogP contribution >= 0.6 is 0 Å². The lowest BCUT2D eigenvalue weighted by Gasteiger charge is -2.21. The molecule has 1 amide bonds. The van der Waals surface area contributed by atoms with Gasteiger partial charge in [0.25, 0.3) is 0 Å². The standard InChI is InChI=1S/C22H27N5O4S/c1-25(2)12-13-26(3)16-6-9-19(10-7-16)32(29,30)31-18-8-11-20-21(14-18)24-22(23-20)27(15-28)17-4-5-17/h6-11,14-15,17H,4-5,12-13H2,1-3H3,(H,23,24). The van der Waals surface area contributed by atoms with Crippen LogP contribution < -0.4 is 14.0 Å².